The highest BCUT2D eigenvalue weighted by atomic mass is 19.1. The maximum absolute atomic E-state index is 13.7. The summed E-state index contributed by atoms with van der Waals surface area (Å²) in [6.07, 6.45) is 2.60. The van der Waals surface area contributed by atoms with Crippen molar-refractivity contribution in [3.05, 3.63) is 23.2 Å². The summed E-state index contributed by atoms with van der Waals surface area (Å²) >= 11 is 0. The van der Waals surface area contributed by atoms with Crippen molar-refractivity contribution in [3.63, 3.8) is 0 Å². The van der Waals surface area contributed by atoms with E-state index >= 15 is 0 Å². The molecule has 2 atom stereocenters. The van der Waals surface area contributed by atoms with Crippen molar-refractivity contribution in [2.24, 2.45) is 5.92 Å². The van der Waals surface area contributed by atoms with Gasteiger partial charge in [-0.15, -0.1) is 0 Å². The zero-order chi connectivity index (χ0) is 10.6. The second-order valence-corrected chi connectivity index (χ2v) is 4.26. The van der Waals surface area contributed by atoms with E-state index < -0.39 is 0 Å². The van der Waals surface area contributed by atoms with Crippen molar-refractivity contribution in [1.29, 1.82) is 0 Å². The molecule has 2 fully saturated rings. The zero-order valence-electron chi connectivity index (χ0n) is 8.50. The molecule has 0 spiro atoms. The number of likely N-dealkylation sites (tertiary alicyclic amines) is 1. The van der Waals surface area contributed by atoms with Gasteiger partial charge in [-0.1, -0.05) is 0 Å². The molecule has 2 heterocycles. The predicted octanol–water partition coefficient (Wildman–Crippen LogP) is 1.37. The Balaban J connectivity index is 2.09. The van der Waals surface area contributed by atoms with Crippen LogP contribution in [-0.4, -0.2) is 30.6 Å². The van der Waals surface area contributed by atoms with E-state index in [9.17, 15) is 9.18 Å². The highest BCUT2D eigenvalue weighted by molar-refractivity contribution is 5.82. The fourth-order valence-electron chi connectivity index (χ4n) is 2.46. The highest BCUT2D eigenvalue weighted by Gasteiger charge is 2.43. The minimum absolute atomic E-state index is 0.0799. The molecule has 0 aromatic heterocycles. The van der Waals surface area contributed by atoms with Crippen LogP contribution in [0.5, 0.6) is 0 Å². The number of ether oxygens (including phenoxy) is 1. The van der Waals surface area contributed by atoms with Crippen LogP contribution in [0.25, 0.3) is 0 Å². The van der Waals surface area contributed by atoms with Crippen LogP contribution < -0.4 is 0 Å². The number of amides is 1. The summed E-state index contributed by atoms with van der Waals surface area (Å²) in [5.41, 5.74) is 1.46. The minimum atomic E-state index is -0.203. The Morgan fingerprint density at radius 1 is 1.60 bits per heavy atom. The maximum atomic E-state index is 13.7. The van der Waals surface area contributed by atoms with E-state index in [0.29, 0.717) is 25.0 Å². The number of fused-ring (bicyclic) bond motifs is 1. The van der Waals surface area contributed by atoms with Gasteiger partial charge < -0.3 is 9.64 Å². The molecule has 2 saturated heterocycles. The highest BCUT2D eigenvalue weighted by Crippen LogP contribution is 2.43. The third-order valence-electron chi connectivity index (χ3n) is 3.31. The summed E-state index contributed by atoms with van der Waals surface area (Å²) in [6.45, 7) is 0.578. The van der Waals surface area contributed by atoms with Gasteiger partial charge >= 0.3 is 0 Å². The molecule has 0 aromatic carbocycles. The van der Waals surface area contributed by atoms with Crippen LogP contribution in [0, 0.1) is 5.92 Å². The Kier molecular flexibility index (Phi) is 1.77. The molecule has 0 bridgehead atoms. The van der Waals surface area contributed by atoms with E-state index in [2.05, 4.69) is 0 Å². The van der Waals surface area contributed by atoms with Gasteiger partial charge in [0.05, 0.1) is 6.61 Å². The molecule has 1 amide bonds. The van der Waals surface area contributed by atoms with Crippen LogP contribution in [-0.2, 0) is 9.53 Å². The number of nitrogens with zero attached hydrogens (tertiary/aromatic N) is 1. The second kappa shape index (κ2) is 2.92. The number of rotatable bonds is 1. The van der Waals surface area contributed by atoms with Gasteiger partial charge in [-0.25, -0.2) is 4.39 Å². The molecular formula is C11H12FNO2. The van der Waals surface area contributed by atoms with Crippen molar-refractivity contribution in [1.82, 2.24) is 4.90 Å². The molecular weight excluding hydrogens is 197 g/mol. The van der Waals surface area contributed by atoms with Crippen molar-refractivity contribution in [2.45, 2.75) is 18.9 Å². The van der Waals surface area contributed by atoms with Crippen molar-refractivity contribution in [2.75, 3.05) is 13.7 Å². The lowest BCUT2D eigenvalue weighted by atomic mass is 9.90. The van der Waals surface area contributed by atoms with Crippen LogP contribution in [0.2, 0.25) is 0 Å². The number of hydrogen-bond acceptors (Lipinski definition) is 2. The summed E-state index contributed by atoms with van der Waals surface area (Å²) in [5, 5.41) is 0. The Labute approximate surface area is 87.2 Å². The first kappa shape index (κ1) is 9.09. The summed E-state index contributed by atoms with van der Waals surface area (Å²) in [7, 11) is 1.72. The van der Waals surface area contributed by atoms with Crippen LogP contribution >= 0.6 is 0 Å². The van der Waals surface area contributed by atoms with E-state index in [1.54, 1.807) is 18.0 Å². The van der Waals surface area contributed by atoms with Crippen molar-refractivity contribution in [3.8, 4) is 0 Å². The summed E-state index contributed by atoms with van der Waals surface area (Å²) < 4.78 is 18.8. The molecule has 0 aromatic rings. The SMILES string of the molecule is CN1C(=O)CC2CC=C(F)C(C3CO3)=C21. The predicted molar refractivity (Wildman–Crippen MR) is 51.5 cm³/mol. The van der Waals surface area contributed by atoms with Gasteiger partial charge in [0.2, 0.25) is 5.91 Å². The van der Waals surface area contributed by atoms with Crippen LogP contribution in [0.1, 0.15) is 12.8 Å². The van der Waals surface area contributed by atoms with Gasteiger partial charge in [-0.05, 0) is 12.5 Å². The van der Waals surface area contributed by atoms with Gasteiger partial charge in [-0.3, -0.25) is 4.79 Å². The van der Waals surface area contributed by atoms with E-state index in [1.165, 1.54) is 0 Å². The monoisotopic (exact) mass is 209 g/mol. The molecule has 0 radical (unpaired) electrons. The minimum Gasteiger partial charge on any atom is -0.368 e. The summed E-state index contributed by atoms with van der Waals surface area (Å²) in [4.78, 5) is 13.1. The Bertz CT molecular complexity index is 395. The molecule has 0 N–H and O–H groups in total. The van der Waals surface area contributed by atoms with Crippen molar-refractivity contribution >= 4 is 5.91 Å². The van der Waals surface area contributed by atoms with E-state index in [0.717, 1.165) is 5.70 Å². The fraction of sp³-hybridized carbons (Fsp3) is 0.545. The molecule has 0 saturated carbocycles. The summed E-state index contributed by atoms with van der Waals surface area (Å²) in [5.74, 6) is 0.0442. The fourth-order valence-corrected chi connectivity index (χ4v) is 2.46. The van der Waals surface area contributed by atoms with Crippen LogP contribution in [0.4, 0.5) is 4.39 Å². The lowest BCUT2D eigenvalue weighted by molar-refractivity contribution is -0.125. The van der Waals surface area contributed by atoms with E-state index in [-0.39, 0.29) is 23.8 Å². The second-order valence-electron chi connectivity index (χ2n) is 4.26. The maximum Gasteiger partial charge on any atom is 0.227 e. The van der Waals surface area contributed by atoms with Gasteiger partial charge in [0, 0.05) is 30.7 Å². The average Bonchev–Trinajstić information content (AvgIpc) is 2.98. The molecule has 2 unspecified atom stereocenters. The number of hydrogen-bond donors (Lipinski definition) is 0. The van der Waals surface area contributed by atoms with Gasteiger partial charge in [0.1, 0.15) is 11.9 Å². The molecule has 80 valence electrons. The third-order valence-corrected chi connectivity index (χ3v) is 3.31. The zero-order valence-corrected chi connectivity index (χ0v) is 8.50. The first-order chi connectivity index (χ1) is 7.18. The molecule has 15 heavy (non-hydrogen) atoms. The molecule has 2 aliphatic heterocycles. The number of epoxide rings is 1. The molecule has 1 aliphatic carbocycles. The number of carbonyl (C=O) groups excluding carboxylic acids is 1. The average molecular weight is 209 g/mol. The first-order valence-corrected chi connectivity index (χ1v) is 5.16. The van der Waals surface area contributed by atoms with Gasteiger partial charge in [0.25, 0.3) is 0 Å². The summed E-state index contributed by atoms with van der Waals surface area (Å²) in [6, 6.07) is 0. The standard InChI is InChI=1S/C11H12FNO2/c1-13-9(14)4-6-2-3-7(12)10(11(6)13)8-5-15-8/h3,6,8H,2,4-5H2,1H3. The third kappa shape index (κ3) is 1.24. The molecule has 3 nitrogen and oxygen atoms in total. The normalized spacial score (nSPS) is 34.4. The number of carbonyl (C=O) groups is 1. The lowest BCUT2D eigenvalue weighted by Gasteiger charge is -2.22. The Morgan fingerprint density at radius 3 is 3.00 bits per heavy atom. The topological polar surface area (TPSA) is 32.8 Å². The Hall–Kier alpha value is -1.16. The molecule has 3 rings (SSSR count). The first-order valence-electron chi connectivity index (χ1n) is 5.16. The molecule has 4 heteroatoms. The number of halogens is 1. The largest absolute Gasteiger partial charge is 0.368 e. The lowest BCUT2D eigenvalue weighted by Crippen LogP contribution is -2.22. The number of allylic oxidation sites excluding steroid dienone is 2. The quantitative estimate of drug-likeness (QED) is 0.611. The van der Waals surface area contributed by atoms with Gasteiger partial charge in [0.15, 0.2) is 0 Å². The van der Waals surface area contributed by atoms with E-state index in [4.69, 9.17) is 4.74 Å². The van der Waals surface area contributed by atoms with E-state index in [1.807, 2.05) is 0 Å². The van der Waals surface area contributed by atoms with Gasteiger partial charge in [-0.2, -0.15) is 0 Å². The Morgan fingerprint density at radius 2 is 2.33 bits per heavy atom. The smallest absolute Gasteiger partial charge is 0.227 e. The molecule has 3 aliphatic rings. The van der Waals surface area contributed by atoms with Crippen LogP contribution in [0.15, 0.2) is 23.2 Å². The van der Waals surface area contributed by atoms with Crippen molar-refractivity contribution < 1.29 is 13.9 Å². The van der Waals surface area contributed by atoms with Crippen LogP contribution in [0.3, 0.4) is 0 Å².